The van der Waals surface area contributed by atoms with Gasteiger partial charge in [-0.25, -0.2) is 4.98 Å². The molecule has 1 heterocycles. The number of thiazole rings is 1. The molecule has 0 aliphatic rings. The zero-order valence-corrected chi connectivity index (χ0v) is 17.1. The molecule has 3 nitrogen and oxygen atoms in total. The third-order valence-electron chi connectivity index (χ3n) is 3.73. The van der Waals surface area contributed by atoms with Crippen LogP contribution in [0.15, 0.2) is 29.6 Å². The first-order valence-electron chi connectivity index (χ1n) is 8.30. The summed E-state index contributed by atoms with van der Waals surface area (Å²) in [5.41, 5.74) is 3.30. The highest BCUT2D eigenvalue weighted by Crippen LogP contribution is 2.33. The van der Waals surface area contributed by atoms with E-state index >= 15 is 0 Å². The number of carbonyl (C=O) groups excluding carboxylic acids is 1. The number of rotatable bonds is 8. The number of halogens is 1. The number of ketones is 1. The predicted octanol–water partition coefficient (Wildman–Crippen LogP) is 5.76. The van der Waals surface area contributed by atoms with Crippen LogP contribution in [0, 0.1) is 11.8 Å². The van der Waals surface area contributed by atoms with Gasteiger partial charge in [-0.15, -0.1) is 11.3 Å². The highest BCUT2D eigenvalue weighted by molar-refractivity contribution is 9.09. The molecular weight excluding hydrogens is 384 g/mol. The number of hydrogen-bond donors (Lipinski definition) is 1. The third-order valence-corrected chi connectivity index (χ3v) is 5.78. The van der Waals surface area contributed by atoms with Crippen molar-refractivity contribution >= 4 is 38.7 Å². The lowest BCUT2D eigenvalue weighted by molar-refractivity contribution is -0.117. The normalized spacial score (nSPS) is 13.8. The van der Waals surface area contributed by atoms with E-state index in [0.717, 1.165) is 28.4 Å². The molecule has 2 atom stereocenters. The van der Waals surface area contributed by atoms with Gasteiger partial charge in [0.2, 0.25) is 0 Å². The van der Waals surface area contributed by atoms with Crippen LogP contribution in [0.5, 0.6) is 0 Å². The second-order valence-electron chi connectivity index (χ2n) is 6.72. The molecule has 0 radical (unpaired) electrons. The van der Waals surface area contributed by atoms with Crippen molar-refractivity contribution in [2.45, 2.75) is 45.5 Å². The van der Waals surface area contributed by atoms with E-state index < -0.39 is 0 Å². The molecule has 1 N–H and O–H groups in total. The lowest BCUT2D eigenvalue weighted by Crippen LogP contribution is -2.22. The van der Waals surface area contributed by atoms with Gasteiger partial charge < -0.3 is 10.1 Å². The van der Waals surface area contributed by atoms with Crippen molar-refractivity contribution in [3.8, 4) is 10.6 Å². The van der Waals surface area contributed by atoms with E-state index in [0.29, 0.717) is 12.3 Å². The van der Waals surface area contributed by atoms with Gasteiger partial charge in [-0.1, -0.05) is 48.8 Å². The number of para-hydroxylation sites is 1. The van der Waals surface area contributed by atoms with Gasteiger partial charge in [-0.3, -0.25) is 0 Å². The van der Waals surface area contributed by atoms with Gasteiger partial charge in [0.25, 0.3) is 0 Å². The lowest BCUT2D eigenvalue weighted by Gasteiger charge is -2.21. The fourth-order valence-corrected chi connectivity index (χ4v) is 3.89. The Morgan fingerprint density at radius 3 is 2.67 bits per heavy atom. The average molecular weight is 409 g/mol. The molecule has 130 valence electrons. The van der Waals surface area contributed by atoms with Crippen molar-refractivity contribution in [1.82, 2.24) is 4.98 Å². The molecule has 1 aromatic carbocycles. The zero-order valence-electron chi connectivity index (χ0n) is 14.7. The summed E-state index contributed by atoms with van der Waals surface area (Å²) in [7, 11) is 0. The highest BCUT2D eigenvalue weighted by atomic mass is 79.9. The third kappa shape index (κ3) is 5.42. The van der Waals surface area contributed by atoms with Crippen molar-refractivity contribution in [1.29, 1.82) is 0 Å². The number of aromatic nitrogens is 1. The van der Waals surface area contributed by atoms with Crippen LogP contribution in [0.4, 0.5) is 5.69 Å². The number of alkyl halides is 1. The quantitative estimate of drug-likeness (QED) is 0.445. The van der Waals surface area contributed by atoms with Gasteiger partial charge in [-0.2, -0.15) is 0 Å². The molecule has 0 bridgehead atoms. The van der Waals surface area contributed by atoms with Crippen LogP contribution < -0.4 is 5.32 Å². The number of carbonyl (C=O) groups is 1. The molecule has 0 spiro atoms. The molecule has 0 aliphatic heterocycles. The summed E-state index contributed by atoms with van der Waals surface area (Å²) in [4.78, 5) is 16.2. The SMILES string of the molecule is CC(=O)CC(C)C(Br)Nc1ccccc1-c1nc(CC(C)C)cs1. The van der Waals surface area contributed by atoms with Crippen molar-refractivity contribution in [2.75, 3.05) is 5.32 Å². The van der Waals surface area contributed by atoms with Crippen LogP contribution in [-0.2, 0) is 11.2 Å². The van der Waals surface area contributed by atoms with Gasteiger partial charge >= 0.3 is 0 Å². The molecule has 0 amide bonds. The Bertz CT molecular complexity index is 684. The zero-order chi connectivity index (χ0) is 17.7. The minimum atomic E-state index is 0.0395. The van der Waals surface area contributed by atoms with Gasteiger partial charge in [-0.05, 0) is 37.3 Å². The summed E-state index contributed by atoms with van der Waals surface area (Å²) in [5, 5.41) is 6.68. The van der Waals surface area contributed by atoms with Gasteiger partial charge in [0.15, 0.2) is 0 Å². The molecular formula is C19H25BrN2OS. The van der Waals surface area contributed by atoms with Crippen molar-refractivity contribution in [3.63, 3.8) is 0 Å². The van der Waals surface area contributed by atoms with Crippen LogP contribution in [0.1, 0.15) is 39.8 Å². The Labute approximate surface area is 157 Å². The molecule has 0 aliphatic carbocycles. The molecule has 5 heteroatoms. The summed E-state index contributed by atoms with van der Waals surface area (Å²) in [6.07, 6.45) is 1.56. The monoisotopic (exact) mass is 408 g/mol. The summed E-state index contributed by atoms with van der Waals surface area (Å²) >= 11 is 5.36. The Balaban J connectivity index is 2.18. The standard InChI is InChI=1S/C19H25BrN2OS/c1-12(2)9-15-11-24-19(21-15)16-7-5-6-8-17(16)22-18(20)13(3)10-14(4)23/h5-8,11-13,18,22H,9-10H2,1-4H3. The van der Waals surface area contributed by atoms with Crippen LogP contribution >= 0.6 is 27.3 Å². The Morgan fingerprint density at radius 1 is 1.29 bits per heavy atom. The van der Waals surface area contributed by atoms with E-state index in [1.807, 2.05) is 12.1 Å². The summed E-state index contributed by atoms with van der Waals surface area (Å²) in [6, 6.07) is 8.21. The molecule has 2 aromatic rings. The van der Waals surface area contributed by atoms with Crippen molar-refractivity contribution < 1.29 is 4.79 Å². The number of Topliss-reactive ketones (excluding diaryl/α,β-unsaturated/α-hetero) is 1. The van der Waals surface area contributed by atoms with E-state index in [4.69, 9.17) is 4.98 Å². The van der Waals surface area contributed by atoms with E-state index in [1.54, 1.807) is 18.3 Å². The fraction of sp³-hybridized carbons (Fsp3) is 0.474. The number of hydrogen-bond acceptors (Lipinski definition) is 4. The van der Waals surface area contributed by atoms with Crippen molar-refractivity contribution in [3.05, 3.63) is 35.3 Å². The second-order valence-corrected chi connectivity index (χ2v) is 8.56. The molecule has 0 saturated carbocycles. The maximum Gasteiger partial charge on any atom is 0.130 e. The smallest absolute Gasteiger partial charge is 0.130 e. The molecule has 2 unspecified atom stereocenters. The molecule has 24 heavy (non-hydrogen) atoms. The number of nitrogens with zero attached hydrogens (tertiary/aromatic N) is 1. The topological polar surface area (TPSA) is 42.0 Å². The Kier molecular flexibility index (Phi) is 6.99. The first kappa shape index (κ1) is 19.1. The predicted molar refractivity (Wildman–Crippen MR) is 107 cm³/mol. The maximum atomic E-state index is 11.3. The van der Waals surface area contributed by atoms with Crippen molar-refractivity contribution in [2.24, 2.45) is 11.8 Å². The van der Waals surface area contributed by atoms with Crippen LogP contribution in [0.2, 0.25) is 0 Å². The second kappa shape index (κ2) is 8.77. The molecule has 1 aromatic heterocycles. The van der Waals surface area contributed by atoms with E-state index in [-0.39, 0.29) is 16.7 Å². The van der Waals surface area contributed by atoms with E-state index in [9.17, 15) is 4.79 Å². The van der Waals surface area contributed by atoms with Crippen LogP contribution in [0.3, 0.4) is 0 Å². The van der Waals surface area contributed by atoms with Gasteiger partial charge in [0.1, 0.15) is 10.8 Å². The number of benzene rings is 1. The highest BCUT2D eigenvalue weighted by Gasteiger charge is 2.18. The minimum Gasteiger partial charge on any atom is -0.372 e. The minimum absolute atomic E-state index is 0.0395. The molecule has 0 fully saturated rings. The number of anilines is 1. The first-order valence-corrected chi connectivity index (χ1v) is 10.1. The van der Waals surface area contributed by atoms with Crippen LogP contribution in [-0.4, -0.2) is 15.7 Å². The fourth-order valence-electron chi connectivity index (χ4n) is 2.59. The van der Waals surface area contributed by atoms with E-state index in [1.165, 1.54) is 0 Å². The lowest BCUT2D eigenvalue weighted by atomic mass is 10.0. The van der Waals surface area contributed by atoms with Gasteiger partial charge in [0.05, 0.1) is 10.6 Å². The largest absolute Gasteiger partial charge is 0.372 e. The van der Waals surface area contributed by atoms with Gasteiger partial charge in [0, 0.05) is 23.1 Å². The summed E-state index contributed by atoms with van der Waals surface area (Å²) in [5.74, 6) is 1.02. The number of nitrogens with one attached hydrogen (secondary N) is 1. The Morgan fingerprint density at radius 2 is 2.00 bits per heavy atom. The Hall–Kier alpha value is -1.20. The average Bonchev–Trinajstić information content (AvgIpc) is 2.94. The molecule has 0 saturated heterocycles. The molecule has 2 rings (SSSR count). The van der Waals surface area contributed by atoms with Crippen LogP contribution in [0.25, 0.3) is 10.6 Å². The maximum absolute atomic E-state index is 11.3. The van der Waals surface area contributed by atoms with E-state index in [2.05, 4.69) is 59.5 Å². The first-order chi connectivity index (χ1) is 11.4. The summed E-state index contributed by atoms with van der Waals surface area (Å²) < 4.78 is 0. The summed E-state index contributed by atoms with van der Waals surface area (Å²) in [6.45, 7) is 8.12.